The van der Waals surface area contributed by atoms with Crippen LogP contribution in [-0.4, -0.2) is 229 Å². The van der Waals surface area contributed by atoms with E-state index in [1.165, 1.54) is 0 Å². The van der Waals surface area contributed by atoms with Crippen LogP contribution in [0.4, 0.5) is 34.5 Å². The van der Waals surface area contributed by atoms with Crippen LogP contribution in [0.15, 0.2) is 91.4 Å². The molecule has 6 aliphatic rings. The molecule has 117 heavy (non-hydrogen) atoms. The number of fused-ring (bicyclic) bond motifs is 3. The van der Waals surface area contributed by atoms with Crippen LogP contribution < -0.4 is 50.1 Å². The van der Waals surface area contributed by atoms with Crippen molar-refractivity contribution >= 4 is 105 Å². The molecule has 0 spiro atoms. The third-order valence-electron chi connectivity index (χ3n) is 22.7. The summed E-state index contributed by atoms with van der Waals surface area (Å²) in [6.45, 7) is 28.8. The monoisotopic (exact) mass is 1660 g/mol. The molecule has 32 nitrogen and oxygen atoms in total. The molecule has 6 fully saturated rings. The Hall–Kier alpha value is -10.1. The number of anilines is 6. The Labute approximate surface area is 685 Å². The van der Waals surface area contributed by atoms with Gasteiger partial charge in [-0.25, -0.2) is 53.8 Å². The highest BCUT2D eigenvalue weighted by Gasteiger charge is 2.38. The number of likely N-dealkylation sites (N-methyl/N-ethyl adjacent to an activating group) is 1. The van der Waals surface area contributed by atoms with Gasteiger partial charge in [0, 0.05) is 151 Å². The summed E-state index contributed by atoms with van der Waals surface area (Å²) in [5.41, 5.74) is 12.1. The molecule has 6 saturated heterocycles. The minimum atomic E-state index is -3.56. The summed E-state index contributed by atoms with van der Waals surface area (Å²) in [7, 11) is -9.01. The van der Waals surface area contributed by atoms with Crippen LogP contribution in [-0.2, 0) is 34.9 Å². The summed E-state index contributed by atoms with van der Waals surface area (Å²) in [5, 5.41) is 27.6. The van der Waals surface area contributed by atoms with E-state index in [0.717, 1.165) is 195 Å². The van der Waals surface area contributed by atoms with Crippen molar-refractivity contribution in [3.63, 3.8) is 0 Å². The molecule has 628 valence electrons. The average Bonchev–Trinajstić information content (AvgIpc) is 1.72. The van der Waals surface area contributed by atoms with E-state index in [1.54, 1.807) is 71.1 Å². The van der Waals surface area contributed by atoms with Crippen LogP contribution in [0.5, 0.6) is 0 Å². The lowest BCUT2D eigenvalue weighted by Crippen LogP contribution is -2.57. The lowest BCUT2D eigenvalue weighted by molar-refractivity contribution is -0.122. The van der Waals surface area contributed by atoms with Crippen molar-refractivity contribution < 1.29 is 44.4 Å². The highest BCUT2D eigenvalue weighted by atomic mass is 32.2. The molecular formula is C82H112N22O10S3. The highest BCUT2D eigenvalue weighted by molar-refractivity contribution is 7.92. The van der Waals surface area contributed by atoms with Crippen LogP contribution >= 0.6 is 0 Å². The Morgan fingerprint density at radius 1 is 0.462 bits per heavy atom. The molecule has 6 aliphatic heterocycles. The largest absolute Gasteiger partial charge is 0.358 e. The number of nitrogens with zero attached hydrogens (tertiary/aromatic N) is 15. The Balaban J connectivity index is 0.000000152. The van der Waals surface area contributed by atoms with Gasteiger partial charge >= 0.3 is 0 Å². The first-order chi connectivity index (χ1) is 55.5. The number of likely N-dealkylation sites (tertiary alicyclic amines) is 3. The maximum absolute atomic E-state index is 13.9. The van der Waals surface area contributed by atoms with Crippen molar-refractivity contribution in [1.29, 1.82) is 0 Å². The topological polar surface area (TPSA) is 365 Å². The first kappa shape index (κ1) is 84.8. The van der Waals surface area contributed by atoms with Crippen molar-refractivity contribution in [1.82, 2.24) is 79.8 Å². The van der Waals surface area contributed by atoms with Crippen molar-refractivity contribution in [2.24, 2.45) is 5.92 Å². The second-order valence-electron chi connectivity index (χ2n) is 32.8. The Morgan fingerprint density at radius 2 is 0.829 bits per heavy atom. The van der Waals surface area contributed by atoms with Crippen molar-refractivity contribution in [3.8, 4) is 0 Å². The second-order valence-corrected chi connectivity index (χ2v) is 38.0. The van der Waals surface area contributed by atoms with E-state index in [2.05, 4.69) is 91.7 Å². The van der Waals surface area contributed by atoms with Gasteiger partial charge < -0.3 is 50.7 Å². The van der Waals surface area contributed by atoms with Gasteiger partial charge in [-0.15, -0.1) is 0 Å². The van der Waals surface area contributed by atoms with E-state index in [-0.39, 0.29) is 53.5 Å². The maximum Gasteiger partial charge on any atom is 0.256 e. The Bertz CT molecular complexity index is 5580. The zero-order valence-electron chi connectivity index (χ0n) is 69.4. The number of sulfonamides is 3. The lowest BCUT2D eigenvalue weighted by Gasteiger charge is -2.39. The fraction of sp³-hybridized carbons (Fsp3) is 0.512. The molecule has 15 rings (SSSR count). The van der Waals surface area contributed by atoms with Gasteiger partial charge in [0.2, 0.25) is 36.0 Å². The standard InChI is InChI=1S/C28H39N7O3S.C27H36N8O4S.C27H37N7O3S/c1-18(2)24-17-33(13-11-29-24)27-20(4)16-35-26(30-27)15-23(31-35)25-8-6-7-12-34(25)28(36)21-14-19(3)9-10-22(21)32-39(5,37)38;1-17-8-9-20(32-40(4,38)39)19(13-17)27(37)34-11-6-5-7-23(34)21-14-24-30-25(18(2)15-35(24)31-21)33-12-10-29-22(16-33)26(36)28-3;1-17-9-10-22(31-38(5,36)37)21(12-17)27(35)32-11-7-6-8-24(32)23-13-25-29-26(18(2)15-34(25)30-23)33-16-19(3)28-14-20(33)4/h9-10,14-16,18,24-25,29,32H,6-8,11-13,17H2,1-5H3;8-9,13-15,22-23,29,32H,5-7,10-12,16H2,1-4H3,(H,28,36);9-10,12-13,15,19-20,24,28,31H,6-8,11,14,16H2,1-5H3/t24-,25+;22-,23+;19-,20+,24-/m110/s1. The van der Waals surface area contributed by atoms with Crippen molar-refractivity contribution in [2.45, 2.75) is 169 Å². The van der Waals surface area contributed by atoms with E-state index < -0.39 is 30.1 Å². The number of carbonyl (C=O) groups excluding carboxylic acids is 4. The third-order valence-corrected chi connectivity index (χ3v) is 24.4. The maximum atomic E-state index is 13.9. The smallest absolute Gasteiger partial charge is 0.256 e. The van der Waals surface area contributed by atoms with Gasteiger partial charge in [0.05, 0.1) is 87.7 Å². The molecule has 4 amide bonds. The summed E-state index contributed by atoms with van der Waals surface area (Å²) in [6.07, 6.45) is 17.1. The molecule has 9 aromatic rings. The number of carbonyl (C=O) groups is 4. The Morgan fingerprint density at radius 3 is 1.21 bits per heavy atom. The van der Waals surface area contributed by atoms with Gasteiger partial charge in [-0.1, -0.05) is 48.7 Å². The molecule has 6 aromatic heterocycles. The van der Waals surface area contributed by atoms with Gasteiger partial charge in [-0.2, -0.15) is 15.3 Å². The zero-order valence-corrected chi connectivity index (χ0v) is 71.9. The number of rotatable bonds is 17. The lowest BCUT2D eigenvalue weighted by atomic mass is 9.97. The zero-order chi connectivity index (χ0) is 83.7. The van der Waals surface area contributed by atoms with Gasteiger partial charge in [0.1, 0.15) is 23.5 Å². The van der Waals surface area contributed by atoms with Crippen LogP contribution in [0.2, 0.25) is 0 Å². The molecule has 0 unspecified atom stereocenters. The quantitative estimate of drug-likeness (QED) is 0.0449. The minimum absolute atomic E-state index is 0.0550. The third kappa shape index (κ3) is 19.9. The molecule has 0 aliphatic carbocycles. The summed E-state index contributed by atoms with van der Waals surface area (Å²) in [4.78, 5) is 81.1. The summed E-state index contributed by atoms with van der Waals surface area (Å²) < 4.78 is 84.7. The fourth-order valence-electron chi connectivity index (χ4n) is 16.8. The number of aryl methyl sites for hydroxylation is 6. The van der Waals surface area contributed by atoms with E-state index in [0.29, 0.717) is 90.5 Å². The number of piperidine rings is 3. The number of aromatic nitrogens is 9. The number of hydrogen-bond acceptors (Lipinski definition) is 22. The van der Waals surface area contributed by atoms with Crippen molar-refractivity contribution in [3.05, 3.63) is 159 Å². The molecule has 3 aromatic carbocycles. The first-order valence-electron chi connectivity index (χ1n) is 40.5. The van der Waals surface area contributed by atoms with E-state index in [1.807, 2.05) is 83.3 Å². The molecule has 7 atom stereocenters. The second kappa shape index (κ2) is 35.2. The number of amides is 4. The molecule has 12 heterocycles. The van der Waals surface area contributed by atoms with E-state index in [4.69, 9.17) is 30.2 Å². The van der Waals surface area contributed by atoms with Crippen LogP contribution in [0.25, 0.3) is 16.9 Å². The van der Waals surface area contributed by atoms with Crippen LogP contribution in [0, 0.1) is 47.5 Å². The molecule has 0 saturated carbocycles. The fourth-order valence-corrected chi connectivity index (χ4v) is 18.5. The highest BCUT2D eigenvalue weighted by Crippen LogP contribution is 2.39. The SMILES string of the molecule is CNC(=O)[C@H]1CN(c2nc3cc([C@@H]4CCCCN4C(=O)c4cc(C)ccc4NS(C)(=O)=O)nn3cc2C)CCN1.Cc1ccc(NS(C)(=O)=O)c(C(=O)N2CCCC[C@H]2c2cc3nc(N4CCN[C@@H](C(C)C)C4)c(C)cn3n2)c1.Cc1ccc(NS(C)(=O)=O)c(C(=O)N2CCCC[C@H]2c2cc3nc(N4C[C@H](C)NC[C@H]4C)c(C)cn3n2)c1. The summed E-state index contributed by atoms with van der Waals surface area (Å²) >= 11 is 0. The van der Waals surface area contributed by atoms with Gasteiger partial charge in [-0.05, 0) is 155 Å². The molecular weight excluding hydrogens is 1550 g/mol. The van der Waals surface area contributed by atoms with Crippen molar-refractivity contribution in [2.75, 3.05) is 127 Å². The summed E-state index contributed by atoms with van der Waals surface area (Å²) in [6, 6.07) is 21.6. The summed E-state index contributed by atoms with van der Waals surface area (Å²) in [5.74, 6) is 2.61. The first-order valence-corrected chi connectivity index (χ1v) is 46.2. The van der Waals surface area contributed by atoms with Crippen LogP contribution in [0.1, 0.15) is 185 Å². The molecule has 7 N–H and O–H groups in total. The predicted molar refractivity (Wildman–Crippen MR) is 456 cm³/mol. The molecule has 35 heteroatoms. The normalized spacial score (nSPS) is 21.0. The number of piperazine rings is 3. The Kier molecular flexibility index (Phi) is 25.5. The molecule has 0 radical (unpaired) electrons. The van der Waals surface area contributed by atoms with E-state index in [9.17, 15) is 44.4 Å². The number of benzene rings is 3. The van der Waals surface area contributed by atoms with Gasteiger partial charge in [0.15, 0.2) is 16.9 Å². The number of hydrogen-bond donors (Lipinski definition) is 7. The van der Waals surface area contributed by atoms with E-state index >= 15 is 0 Å². The van der Waals surface area contributed by atoms with Gasteiger partial charge in [0.25, 0.3) is 17.7 Å². The molecule has 0 bridgehead atoms. The minimum Gasteiger partial charge on any atom is -0.358 e. The number of nitrogens with one attached hydrogen (secondary N) is 7. The van der Waals surface area contributed by atoms with Gasteiger partial charge in [-0.3, -0.25) is 33.3 Å². The average molecular weight is 1660 g/mol. The predicted octanol–water partition coefficient (Wildman–Crippen LogP) is 8.40. The van der Waals surface area contributed by atoms with Crippen LogP contribution in [0.3, 0.4) is 0 Å².